The molecule has 11 heteroatoms. The number of hydrogen-bond donors (Lipinski definition) is 2. The zero-order valence-corrected chi connectivity index (χ0v) is 18.1. The number of nitrogens with one attached hydrogen (secondary N) is 2. The summed E-state index contributed by atoms with van der Waals surface area (Å²) in [6.45, 7) is 1.44. The van der Waals surface area contributed by atoms with E-state index in [2.05, 4.69) is 15.6 Å². The Balaban J connectivity index is 1.81. The summed E-state index contributed by atoms with van der Waals surface area (Å²) >= 11 is 1.92. The largest absolute Gasteiger partial charge is 0.417 e. The van der Waals surface area contributed by atoms with Crippen LogP contribution in [0.1, 0.15) is 43.7 Å². The molecule has 2 aromatic rings. The second-order valence-corrected chi connectivity index (χ2v) is 9.30. The number of nitriles is 1. The van der Waals surface area contributed by atoms with Crippen molar-refractivity contribution in [2.24, 2.45) is 0 Å². The number of amides is 3. The first-order chi connectivity index (χ1) is 14.7. The molecule has 31 heavy (non-hydrogen) atoms. The number of pyridine rings is 1. The van der Waals surface area contributed by atoms with Crippen LogP contribution in [0.3, 0.4) is 0 Å². The van der Waals surface area contributed by atoms with Crippen LogP contribution in [0.5, 0.6) is 0 Å². The van der Waals surface area contributed by atoms with Gasteiger partial charge in [0.1, 0.15) is 11.1 Å². The number of hydrogen-bond acceptors (Lipinski definition) is 6. The fourth-order valence-corrected chi connectivity index (χ4v) is 4.83. The lowest BCUT2D eigenvalue weighted by molar-refractivity contribution is -0.138. The normalized spacial score (nSPS) is 15.3. The first kappa shape index (κ1) is 23.1. The molecule has 0 saturated heterocycles. The molecule has 1 fully saturated rings. The van der Waals surface area contributed by atoms with Crippen LogP contribution in [-0.2, 0) is 11.0 Å². The molecule has 0 radical (unpaired) electrons. The van der Waals surface area contributed by atoms with Crippen molar-refractivity contribution < 1.29 is 22.8 Å². The van der Waals surface area contributed by atoms with E-state index in [1.54, 1.807) is 23.6 Å². The van der Waals surface area contributed by atoms with Crippen LogP contribution >= 0.6 is 23.1 Å². The Morgan fingerprint density at radius 3 is 2.65 bits per heavy atom. The third kappa shape index (κ3) is 5.77. The van der Waals surface area contributed by atoms with Gasteiger partial charge in [-0.2, -0.15) is 18.4 Å². The Morgan fingerprint density at radius 2 is 2.06 bits per heavy atom. The lowest BCUT2D eigenvalue weighted by Crippen LogP contribution is -2.45. The smallest absolute Gasteiger partial charge is 0.335 e. The third-order valence-electron chi connectivity index (χ3n) is 4.76. The minimum Gasteiger partial charge on any atom is -0.335 e. The fraction of sp³-hybridized carbons (Fsp3) is 0.400. The van der Waals surface area contributed by atoms with E-state index in [9.17, 15) is 28.0 Å². The first-order valence-corrected chi connectivity index (χ1v) is 11.3. The van der Waals surface area contributed by atoms with Crippen LogP contribution in [0.15, 0.2) is 28.6 Å². The Kier molecular flexibility index (Phi) is 7.23. The van der Waals surface area contributed by atoms with Crippen LogP contribution in [-0.4, -0.2) is 28.2 Å². The van der Waals surface area contributed by atoms with Crippen molar-refractivity contribution in [1.29, 1.82) is 5.26 Å². The van der Waals surface area contributed by atoms with Crippen LogP contribution in [0, 0.1) is 11.3 Å². The summed E-state index contributed by atoms with van der Waals surface area (Å²) in [5.74, 6) is -0.679. The van der Waals surface area contributed by atoms with Crippen molar-refractivity contribution in [2.75, 3.05) is 0 Å². The molecule has 3 amide bonds. The number of carbonyl (C=O) groups is 2. The Labute approximate surface area is 185 Å². The molecule has 1 unspecified atom stereocenters. The summed E-state index contributed by atoms with van der Waals surface area (Å²) in [6, 6.07) is 5.08. The molecule has 1 aliphatic carbocycles. The van der Waals surface area contributed by atoms with E-state index in [1.807, 2.05) is 0 Å². The van der Waals surface area contributed by atoms with E-state index in [0.717, 1.165) is 31.7 Å². The molecule has 0 spiro atoms. The molecule has 0 aromatic carbocycles. The van der Waals surface area contributed by atoms with Gasteiger partial charge in [-0.25, -0.2) is 9.78 Å². The first-order valence-electron chi connectivity index (χ1n) is 9.53. The molecule has 0 bridgehead atoms. The van der Waals surface area contributed by atoms with Gasteiger partial charge in [0.2, 0.25) is 5.91 Å². The van der Waals surface area contributed by atoms with Crippen LogP contribution in [0.2, 0.25) is 0 Å². The van der Waals surface area contributed by atoms with Gasteiger partial charge in [0.25, 0.3) is 0 Å². The average molecular weight is 469 g/mol. The number of aromatic nitrogens is 1. The van der Waals surface area contributed by atoms with E-state index >= 15 is 0 Å². The van der Waals surface area contributed by atoms with Crippen molar-refractivity contribution in [3.63, 3.8) is 0 Å². The van der Waals surface area contributed by atoms with Crippen molar-refractivity contribution in [3.8, 4) is 16.6 Å². The third-order valence-corrected chi connectivity index (χ3v) is 6.74. The molecule has 164 valence electrons. The van der Waals surface area contributed by atoms with Crippen LogP contribution < -0.4 is 10.6 Å². The molecule has 6 nitrogen and oxygen atoms in total. The van der Waals surface area contributed by atoms with Crippen LogP contribution in [0.4, 0.5) is 18.0 Å². The molecule has 2 N–H and O–H groups in total. The van der Waals surface area contributed by atoms with Gasteiger partial charge in [0.05, 0.1) is 26.9 Å². The van der Waals surface area contributed by atoms with Gasteiger partial charge >= 0.3 is 12.2 Å². The maximum atomic E-state index is 13.6. The summed E-state index contributed by atoms with van der Waals surface area (Å²) in [4.78, 5) is 29.1. The lowest BCUT2D eigenvalue weighted by atomic mass is 10.1. The standard InChI is InChI=1S/C20H19F3N4O2S2/c1-11(17(28)27-19(29)25-12-5-2-3-6-12)31-18-13(10-24)14(20(21,22)23)9-15(26-18)16-7-4-8-30-16/h4,7-9,11-12H,2-3,5-6H2,1H3,(H2,25,27,28,29). The summed E-state index contributed by atoms with van der Waals surface area (Å²) in [7, 11) is 0. The van der Waals surface area contributed by atoms with E-state index in [0.29, 0.717) is 16.6 Å². The lowest BCUT2D eigenvalue weighted by Gasteiger charge is -2.17. The van der Waals surface area contributed by atoms with E-state index in [-0.39, 0.29) is 16.8 Å². The maximum absolute atomic E-state index is 13.6. The van der Waals surface area contributed by atoms with Gasteiger partial charge < -0.3 is 5.32 Å². The number of nitrogens with zero attached hydrogens (tertiary/aromatic N) is 2. The molecule has 2 aromatic heterocycles. The minimum atomic E-state index is -4.76. The van der Waals surface area contributed by atoms with Crippen molar-refractivity contribution in [2.45, 2.75) is 55.1 Å². The van der Waals surface area contributed by atoms with Crippen molar-refractivity contribution in [1.82, 2.24) is 15.6 Å². The number of halogens is 3. The predicted molar refractivity (Wildman–Crippen MR) is 112 cm³/mol. The Hall–Kier alpha value is -2.58. The highest BCUT2D eigenvalue weighted by Crippen LogP contribution is 2.39. The zero-order valence-electron chi connectivity index (χ0n) is 16.5. The highest BCUT2D eigenvalue weighted by atomic mass is 32.2. The average Bonchev–Trinajstić information content (AvgIpc) is 3.40. The number of thiophene rings is 1. The SMILES string of the molecule is CC(Sc1nc(-c2cccs2)cc(C(F)(F)F)c1C#N)C(=O)NC(=O)NC1CCCC1. The number of urea groups is 1. The fourth-order valence-electron chi connectivity index (χ4n) is 3.22. The Bertz CT molecular complexity index is 997. The minimum absolute atomic E-state index is 0.0134. The van der Waals surface area contributed by atoms with Gasteiger partial charge in [0.15, 0.2) is 0 Å². The summed E-state index contributed by atoms with van der Waals surface area (Å²) < 4.78 is 40.7. The number of imide groups is 1. The van der Waals surface area contributed by atoms with Crippen molar-refractivity contribution in [3.05, 3.63) is 34.7 Å². The molecule has 3 rings (SSSR count). The quantitative estimate of drug-likeness (QED) is 0.606. The van der Waals surface area contributed by atoms with E-state index < -0.39 is 34.5 Å². The maximum Gasteiger partial charge on any atom is 0.417 e. The predicted octanol–water partition coefficient (Wildman–Crippen LogP) is 4.95. The monoisotopic (exact) mass is 468 g/mol. The van der Waals surface area contributed by atoms with E-state index in [4.69, 9.17) is 0 Å². The van der Waals surface area contributed by atoms with Crippen LogP contribution in [0.25, 0.3) is 10.6 Å². The second kappa shape index (κ2) is 9.70. The summed E-state index contributed by atoms with van der Waals surface area (Å²) in [5.41, 5.74) is -1.69. The second-order valence-electron chi connectivity index (χ2n) is 7.03. The summed E-state index contributed by atoms with van der Waals surface area (Å²) in [6.07, 6.45) is -1.05. The molecular weight excluding hydrogens is 449 g/mol. The highest BCUT2D eigenvalue weighted by molar-refractivity contribution is 8.00. The van der Waals surface area contributed by atoms with Gasteiger partial charge in [-0.15, -0.1) is 11.3 Å². The molecule has 0 aliphatic heterocycles. The number of thioether (sulfide) groups is 1. The van der Waals surface area contributed by atoms with Gasteiger partial charge in [-0.05, 0) is 37.3 Å². The van der Waals surface area contributed by atoms with Gasteiger partial charge in [-0.1, -0.05) is 30.7 Å². The number of rotatable bonds is 5. The topological polar surface area (TPSA) is 94.9 Å². The molecule has 1 aliphatic rings. The number of alkyl halides is 3. The summed E-state index contributed by atoms with van der Waals surface area (Å²) in [5, 5.41) is 14.8. The molecular formula is C20H19F3N4O2S2. The van der Waals surface area contributed by atoms with Gasteiger partial charge in [0, 0.05) is 6.04 Å². The van der Waals surface area contributed by atoms with E-state index in [1.165, 1.54) is 18.3 Å². The molecule has 1 atom stereocenters. The molecule has 1 saturated carbocycles. The Morgan fingerprint density at radius 1 is 1.35 bits per heavy atom. The molecule has 2 heterocycles. The van der Waals surface area contributed by atoms with Gasteiger partial charge in [-0.3, -0.25) is 10.1 Å². The van der Waals surface area contributed by atoms with Crippen molar-refractivity contribution >= 4 is 35.0 Å². The zero-order chi connectivity index (χ0) is 22.6. The highest BCUT2D eigenvalue weighted by Gasteiger charge is 2.37. The number of carbonyl (C=O) groups excluding carboxylic acids is 2.